The lowest BCUT2D eigenvalue weighted by Crippen LogP contribution is -2.27. The molecule has 0 saturated carbocycles. The molecule has 0 aliphatic heterocycles. The molecule has 18 heavy (non-hydrogen) atoms. The Hall–Kier alpha value is -1.89. The van der Waals surface area contributed by atoms with E-state index in [9.17, 15) is 14.9 Å². The third-order valence-corrected chi connectivity index (χ3v) is 2.46. The van der Waals surface area contributed by atoms with Crippen molar-refractivity contribution >= 4 is 11.6 Å². The van der Waals surface area contributed by atoms with Gasteiger partial charge in [-0.2, -0.15) is 0 Å². The van der Waals surface area contributed by atoms with E-state index in [0.717, 1.165) is 6.42 Å². The summed E-state index contributed by atoms with van der Waals surface area (Å²) in [6.45, 7) is 3.49. The van der Waals surface area contributed by atoms with Crippen molar-refractivity contribution in [2.75, 3.05) is 13.1 Å². The number of nitro groups is 1. The lowest BCUT2D eigenvalue weighted by Gasteiger charge is -2.07. The standard InChI is InChI=1S/C11H18N4O3/c1-2-6-14-8-9(15(17)18)7-10(14)11(16)13-5-3-4-12/h7-8H,2-6,12H2,1H3,(H,13,16). The summed E-state index contributed by atoms with van der Waals surface area (Å²) in [7, 11) is 0. The van der Waals surface area contributed by atoms with Crippen molar-refractivity contribution in [3.8, 4) is 0 Å². The number of amides is 1. The highest BCUT2D eigenvalue weighted by Crippen LogP contribution is 2.16. The number of nitrogens with one attached hydrogen (secondary N) is 1. The monoisotopic (exact) mass is 254 g/mol. The molecule has 1 amide bonds. The highest BCUT2D eigenvalue weighted by molar-refractivity contribution is 5.93. The number of nitrogens with zero attached hydrogens (tertiary/aromatic N) is 2. The summed E-state index contributed by atoms with van der Waals surface area (Å²) < 4.78 is 1.61. The van der Waals surface area contributed by atoms with Gasteiger partial charge >= 0.3 is 0 Å². The third-order valence-electron chi connectivity index (χ3n) is 2.46. The van der Waals surface area contributed by atoms with Crippen LogP contribution in [0.5, 0.6) is 0 Å². The molecule has 7 heteroatoms. The van der Waals surface area contributed by atoms with E-state index >= 15 is 0 Å². The quantitative estimate of drug-likeness (QED) is 0.428. The van der Waals surface area contributed by atoms with Gasteiger partial charge in [0.15, 0.2) is 0 Å². The normalized spacial score (nSPS) is 10.3. The molecule has 0 unspecified atom stereocenters. The van der Waals surface area contributed by atoms with Crippen molar-refractivity contribution < 1.29 is 9.72 Å². The molecule has 1 heterocycles. The van der Waals surface area contributed by atoms with E-state index in [2.05, 4.69) is 5.32 Å². The van der Waals surface area contributed by atoms with E-state index < -0.39 is 4.92 Å². The molecule has 1 rings (SSSR count). The second-order valence-corrected chi connectivity index (χ2v) is 3.93. The van der Waals surface area contributed by atoms with E-state index in [-0.39, 0.29) is 11.6 Å². The molecule has 0 spiro atoms. The van der Waals surface area contributed by atoms with Crippen LogP contribution in [0, 0.1) is 10.1 Å². The summed E-state index contributed by atoms with van der Waals surface area (Å²) in [6.07, 6.45) is 2.87. The van der Waals surface area contributed by atoms with Gasteiger partial charge in [0.05, 0.1) is 11.1 Å². The Bertz CT molecular complexity index is 428. The van der Waals surface area contributed by atoms with Crippen molar-refractivity contribution in [3.63, 3.8) is 0 Å². The van der Waals surface area contributed by atoms with E-state index in [1.165, 1.54) is 12.3 Å². The van der Waals surface area contributed by atoms with Crippen LogP contribution in [0.3, 0.4) is 0 Å². The maximum atomic E-state index is 11.9. The lowest BCUT2D eigenvalue weighted by atomic mass is 10.3. The Labute approximate surface area is 105 Å². The molecule has 0 fully saturated rings. The summed E-state index contributed by atoms with van der Waals surface area (Å²) in [6, 6.07) is 1.30. The molecule has 0 aromatic carbocycles. The number of nitrogens with two attached hydrogens (primary N) is 1. The van der Waals surface area contributed by atoms with Gasteiger partial charge in [0.1, 0.15) is 5.69 Å². The van der Waals surface area contributed by atoms with Gasteiger partial charge in [-0.1, -0.05) is 6.92 Å². The average molecular weight is 254 g/mol. The van der Waals surface area contributed by atoms with E-state index in [1.807, 2.05) is 6.92 Å². The maximum absolute atomic E-state index is 11.9. The van der Waals surface area contributed by atoms with Gasteiger partial charge < -0.3 is 15.6 Å². The van der Waals surface area contributed by atoms with Crippen molar-refractivity contribution in [2.24, 2.45) is 5.73 Å². The van der Waals surface area contributed by atoms with Crippen LogP contribution in [0.1, 0.15) is 30.3 Å². The fraction of sp³-hybridized carbons (Fsp3) is 0.545. The van der Waals surface area contributed by atoms with Crippen LogP contribution < -0.4 is 11.1 Å². The lowest BCUT2D eigenvalue weighted by molar-refractivity contribution is -0.384. The minimum absolute atomic E-state index is 0.0626. The van der Waals surface area contributed by atoms with Crippen molar-refractivity contribution in [1.29, 1.82) is 0 Å². The molecule has 0 aliphatic carbocycles. The number of carbonyl (C=O) groups is 1. The van der Waals surface area contributed by atoms with Crippen LogP contribution in [-0.2, 0) is 6.54 Å². The fourth-order valence-electron chi connectivity index (χ4n) is 1.61. The molecule has 100 valence electrons. The van der Waals surface area contributed by atoms with Crippen LogP contribution >= 0.6 is 0 Å². The minimum Gasteiger partial charge on any atom is -0.351 e. The molecule has 0 atom stereocenters. The van der Waals surface area contributed by atoms with Gasteiger partial charge in [0.25, 0.3) is 11.6 Å². The predicted octanol–water partition coefficient (Wildman–Crippen LogP) is 0.885. The molecule has 0 saturated heterocycles. The minimum atomic E-state index is -0.497. The van der Waals surface area contributed by atoms with Gasteiger partial charge in [-0.25, -0.2) is 0 Å². The topological polar surface area (TPSA) is 103 Å². The fourth-order valence-corrected chi connectivity index (χ4v) is 1.61. The summed E-state index contributed by atoms with van der Waals surface area (Å²) in [4.78, 5) is 22.1. The Morgan fingerprint density at radius 1 is 1.61 bits per heavy atom. The number of carbonyl (C=O) groups excluding carboxylic acids is 1. The van der Waals surface area contributed by atoms with Gasteiger partial charge in [-0.05, 0) is 19.4 Å². The van der Waals surface area contributed by atoms with Crippen molar-refractivity contribution in [1.82, 2.24) is 9.88 Å². The molecule has 0 radical (unpaired) electrons. The largest absolute Gasteiger partial charge is 0.351 e. The Morgan fingerprint density at radius 3 is 2.89 bits per heavy atom. The van der Waals surface area contributed by atoms with Crippen molar-refractivity contribution in [2.45, 2.75) is 26.3 Å². The van der Waals surface area contributed by atoms with Crippen LogP contribution in [0.25, 0.3) is 0 Å². The highest BCUT2D eigenvalue weighted by atomic mass is 16.6. The van der Waals surface area contributed by atoms with Crippen LogP contribution in [0.4, 0.5) is 5.69 Å². The number of aryl methyl sites for hydroxylation is 1. The van der Waals surface area contributed by atoms with Gasteiger partial charge in [-0.15, -0.1) is 0 Å². The number of rotatable bonds is 7. The molecule has 3 N–H and O–H groups in total. The van der Waals surface area contributed by atoms with Gasteiger partial charge in [-0.3, -0.25) is 14.9 Å². The first kappa shape index (κ1) is 14.2. The molecule has 0 bridgehead atoms. The zero-order chi connectivity index (χ0) is 13.5. The SMILES string of the molecule is CCCn1cc([N+](=O)[O-])cc1C(=O)NCCCN. The van der Waals surface area contributed by atoms with Crippen LogP contribution in [-0.4, -0.2) is 28.5 Å². The Morgan fingerprint density at radius 2 is 2.33 bits per heavy atom. The first-order chi connectivity index (χ1) is 8.60. The zero-order valence-corrected chi connectivity index (χ0v) is 10.4. The van der Waals surface area contributed by atoms with Gasteiger partial charge in [0.2, 0.25) is 0 Å². The zero-order valence-electron chi connectivity index (χ0n) is 10.4. The first-order valence-electron chi connectivity index (χ1n) is 5.93. The molecular weight excluding hydrogens is 236 g/mol. The highest BCUT2D eigenvalue weighted by Gasteiger charge is 2.18. The number of hydrogen-bond donors (Lipinski definition) is 2. The molecule has 1 aromatic heterocycles. The first-order valence-corrected chi connectivity index (χ1v) is 5.93. The molecule has 7 nitrogen and oxygen atoms in total. The summed E-state index contributed by atoms with van der Waals surface area (Å²) in [5, 5.41) is 13.4. The Kier molecular flexibility index (Phi) is 5.31. The van der Waals surface area contributed by atoms with Crippen LogP contribution in [0.2, 0.25) is 0 Å². The van der Waals surface area contributed by atoms with E-state index in [0.29, 0.717) is 31.7 Å². The van der Waals surface area contributed by atoms with Gasteiger partial charge in [0, 0.05) is 19.2 Å². The van der Waals surface area contributed by atoms with Crippen molar-refractivity contribution in [3.05, 3.63) is 28.1 Å². The number of hydrogen-bond acceptors (Lipinski definition) is 4. The maximum Gasteiger partial charge on any atom is 0.287 e. The second-order valence-electron chi connectivity index (χ2n) is 3.93. The average Bonchev–Trinajstić information content (AvgIpc) is 2.74. The van der Waals surface area contributed by atoms with E-state index in [1.54, 1.807) is 4.57 Å². The summed E-state index contributed by atoms with van der Waals surface area (Å²) >= 11 is 0. The smallest absolute Gasteiger partial charge is 0.287 e. The van der Waals surface area contributed by atoms with E-state index in [4.69, 9.17) is 5.73 Å². The Balaban J connectivity index is 2.84. The molecule has 1 aromatic rings. The summed E-state index contributed by atoms with van der Waals surface area (Å²) in [5.74, 6) is -0.301. The number of aromatic nitrogens is 1. The summed E-state index contributed by atoms with van der Waals surface area (Å²) in [5.41, 5.74) is 5.59. The second kappa shape index (κ2) is 6.75. The third kappa shape index (κ3) is 3.56. The van der Waals surface area contributed by atoms with Crippen LogP contribution in [0.15, 0.2) is 12.3 Å². The molecule has 0 aliphatic rings. The predicted molar refractivity (Wildman–Crippen MR) is 67.4 cm³/mol. The molecular formula is C11H18N4O3.